The number of hydrogen-bond acceptors (Lipinski definition) is 7. The average Bonchev–Trinajstić information content (AvgIpc) is 3.41. The highest BCUT2D eigenvalue weighted by Gasteiger charge is 2.56. The van der Waals surface area contributed by atoms with Crippen molar-refractivity contribution in [1.82, 2.24) is 19.6 Å². The van der Waals surface area contributed by atoms with Gasteiger partial charge in [-0.15, -0.1) is 0 Å². The van der Waals surface area contributed by atoms with Crippen LogP contribution in [-0.2, 0) is 15.1 Å². The van der Waals surface area contributed by atoms with Crippen molar-refractivity contribution in [1.29, 1.82) is 0 Å². The molecule has 0 aromatic heterocycles. The Balaban J connectivity index is 1.23. The second-order valence-corrected chi connectivity index (χ2v) is 16.1. The highest BCUT2D eigenvalue weighted by atomic mass is 35.5. The minimum absolute atomic E-state index is 0.0139. The van der Waals surface area contributed by atoms with E-state index in [9.17, 15) is 14.7 Å². The van der Waals surface area contributed by atoms with Crippen LogP contribution in [0, 0.1) is 11.7 Å². The van der Waals surface area contributed by atoms with Gasteiger partial charge in [0, 0.05) is 48.5 Å². The molecule has 3 fully saturated rings. The Hall–Kier alpha value is -2.63. The molecule has 1 aliphatic carbocycles. The maximum Gasteiger partial charge on any atom is 0.263 e. The third-order valence-electron chi connectivity index (χ3n) is 10.9. The molecule has 256 valence electrons. The number of hydrogen-bond donors (Lipinski definition) is 1. The Morgan fingerprint density at radius 2 is 1.83 bits per heavy atom. The van der Waals surface area contributed by atoms with Crippen molar-refractivity contribution in [2.24, 2.45) is 10.9 Å². The van der Waals surface area contributed by atoms with Crippen molar-refractivity contribution in [2.75, 3.05) is 32.8 Å². The molecule has 1 saturated carbocycles. The summed E-state index contributed by atoms with van der Waals surface area (Å²) < 4.78 is 15.0. The van der Waals surface area contributed by atoms with E-state index in [1.165, 1.54) is 17.8 Å². The lowest BCUT2D eigenvalue weighted by atomic mass is 9.81. The van der Waals surface area contributed by atoms with Gasteiger partial charge in [-0.1, -0.05) is 55.2 Å². The number of carbonyl (C=O) groups excluding carboxylic acids is 2. The van der Waals surface area contributed by atoms with E-state index in [-0.39, 0.29) is 40.9 Å². The lowest BCUT2D eigenvalue weighted by molar-refractivity contribution is -0.145. The molecule has 1 spiro atoms. The minimum atomic E-state index is -0.821. The molecule has 8 nitrogen and oxygen atoms in total. The van der Waals surface area contributed by atoms with E-state index in [0.717, 1.165) is 37.1 Å². The number of rotatable bonds is 7. The van der Waals surface area contributed by atoms with Gasteiger partial charge in [0.05, 0.1) is 17.7 Å². The first-order valence-corrected chi connectivity index (χ1v) is 18.5. The molecule has 2 saturated heterocycles. The number of fused-ring (bicyclic) bond motifs is 1. The molecule has 1 N–H and O–H groups in total. The van der Waals surface area contributed by atoms with Gasteiger partial charge in [0.2, 0.25) is 5.91 Å². The summed E-state index contributed by atoms with van der Waals surface area (Å²) >= 11 is 13.7. The zero-order chi connectivity index (χ0) is 34.1. The minimum Gasteiger partial charge on any atom is -0.395 e. The van der Waals surface area contributed by atoms with Crippen LogP contribution >= 0.6 is 35.0 Å². The number of thioether (sulfide) groups is 1. The maximum absolute atomic E-state index is 15.0. The second kappa shape index (κ2) is 12.6. The van der Waals surface area contributed by atoms with Crippen LogP contribution in [0.3, 0.4) is 0 Å². The van der Waals surface area contributed by atoms with Gasteiger partial charge in [0.25, 0.3) is 5.91 Å². The summed E-state index contributed by atoms with van der Waals surface area (Å²) in [5.41, 5.74) is 1.56. The molecule has 0 bridgehead atoms. The topological polar surface area (TPSA) is 79.7 Å². The van der Waals surface area contributed by atoms with Gasteiger partial charge >= 0.3 is 0 Å². The highest BCUT2D eigenvalue weighted by Crippen LogP contribution is 2.57. The number of benzene rings is 2. The molecule has 4 atom stereocenters. The van der Waals surface area contributed by atoms with Gasteiger partial charge < -0.3 is 19.8 Å². The number of halogens is 3. The van der Waals surface area contributed by atoms with Gasteiger partial charge in [0.1, 0.15) is 22.3 Å². The quantitative estimate of drug-likeness (QED) is 0.357. The number of aliphatic hydroxyl groups is 1. The van der Waals surface area contributed by atoms with E-state index in [0.29, 0.717) is 46.7 Å². The van der Waals surface area contributed by atoms with Crippen LogP contribution in [0.15, 0.2) is 58.1 Å². The summed E-state index contributed by atoms with van der Waals surface area (Å²) in [4.78, 5) is 43.0. The van der Waals surface area contributed by atoms with Crippen LogP contribution in [0.2, 0.25) is 10.0 Å². The van der Waals surface area contributed by atoms with Gasteiger partial charge in [-0.05, 0) is 92.6 Å². The summed E-state index contributed by atoms with van der Waals surface area (Å²) in [6.45, 7) is 10.9. The number of nitrogens with zero attached hydrogens (tertiary/aromatic N) is 5. The fourth-order valence-electron chi connectivity index (χ4n) is 8.29. The molecule has 0 unspecified atom stereocenters. The Labute approximate surface area is 295 Å². The number of likely N-dealkylation sites (tertiary alicyclic amines) is 1. The molecule has 12 heteroatoms. The number of carbonyl (C=O) groups is 2. The third-order valence-corrected chi connectivity index (χ3v) is 12.5. The van der Waals surface area contributed by atoms with Crippen molar-refractivity contribution in [3.8, 4) is 0 Å². The van der Waals surface area contributed by atoms with Crippen LogP contribution in [0.4, 0.5) is 4.39 Å². The van der Waals surface area contributed by atoms with Gasteiger partial charge in [-0.2, -0.15) is 0 Å². The van der Waals surface area contributed by atoms with E-state index < -0.39 is 23.4 Å². The lowest BCUT2D eigenvalue weighted by Crippen LogP contribution is -2.60. The first-order chi connectivity index (χ1) is 22.9. The average molecular weight is 715 g/mol. The first-order valence-electron chi connectivity index (χ1n) is 16.9. The predicted octanol–water partition coefficient (Wildman–Crippen LogP) is 6.42. The highest BCUT2D eigenvalue weighted by molar-refractivity contribution is 8.18. The number of allylic oxidation sites excluding steroid dienone is 1. The molecule has 48 heavy (non-hydrogen) atoms. The summed E-state index contributed by atoms with van der Waals surface area (Å²) in [6.07, 6.45) is 3.41. The molecule has 2 aromatic rings. The van der Waals surface area contributed by atoms with E-state index in [1.54, 1.807) is 6.07 Å². The number of aliphatic hydroxyl groups excluding tert-OH is 1. The Morgan fingerprint density at radius 3 is 2.48 bits per heavy atom. The third kappa shape index (κ3) is 5.56. The molecule has 2 aromatic carbocycles. The normalized spacial score (nSPS) is 28.1. The summed E-state index contributed by atoms with van der Waals surface area (Å²) in [5, 5.41) is 10.9. The first kappa shape index (κ1) is 33.8. The predicted molar refractivity (Wildman–Crippen MR) is 188 cm³/mol. The summed E-state index contributed by atoms with van der Waals surface area (Å²) in [5.74, 6) is -0.729. The Morgan fingerprint density at radius 1 is 1.10 bits per heavy atom. The summed E-state index contributed by atoms with van der Waals surface area (Å²) in [7, 11) is 0. The molecule has 7 rings (SSSR count). The zero-order valence-electron chi connectivity index (χ0n) is 27.8. The van der Waals surface area contributed by atoms with Crippen LogP contribution in [0.1, 0.15) is 70.5 Å². The lowest BCUT2D eigenvalue weighted by Gasteiger charge is -2.43. The molecular weight excluding hydrogens is 672 g/mol. The van der Waals surface area contributed by atoms with Crippen molar-refractivity contribution in [3.63, 3.8) is 0 Å². The molecular formula is C36H42Cl2FN5O3S. The molecule has 5 aliphatic rings. The Kier molecular flexibility index (Phi) is 8.89. The van der Waals surface area contributed by atoms with Crippen LogP contribution in [0.5, 0.6) is 0 Å². The SMILES string of the molecule is CC(C)C1=C(C(=O)N2[C@H](C)CC[C@H]2C(=O)N2CCN(CCO)C3(CC3)C2)SC2=N[C@@](C)(c3ccc(Cl)cc3)[C@@H](c3ccc(Cl)c(F)c3)N21. The van der Waals surface area contributed by atoms with Crippen molar-refractivity contribution < 1.29 is 19.1 Å². The second-order valence-electron chi connectivity index (χ2n) is 14.3. The number of amides is 2. The summed E-state index contributed by atoms with van der Waals surface area (Å²) in [6, 6.07) is 11.3. The molecule has 0 radical (unpaired) electrons. The van der Waals surface area contributed by atoms with Crippen LogP contribution in [-0.4, -0.2) is 92.1 Å². The van der Waals surface area contributed by atoms with Crippen molar-refractivity contribution in [2.45, 2.75) is 82.6 Å². The zero-order valence-corrected chi connectivity index (χ0v) is 30.1. The maximum atomic E-state index is 15.0. The monoisotopic (exact) mass is 713 g/mol. The van der Waals surface area contributed by atoms with E-state index in [1.807, 2.05) is 54.0 Å². The molecule has 2 amide bonds. The molecule has 4 heterocycles. The fourth-order valence-corrected chi connectivity index (χ4v) is 9.88. The van der Waals surface area contributed by atoms with E-state index >= 15 is 4.39 Å². The van der Waals surface area contributed by atoms with E-state index in [4.69, 9.17) is 28.2 Å². The standard InChI is InChI=1S/C36H42Cl2FN5O3S/c1-21(2)29-30(33(47)43-22(3)5-12-28(43)32(46)41-15-16-42(17-18-45)36(20-41)13-14-36)48-34-40-35(4,24-7-9-25(37)10-8-24)31(44(29)34)23-6-11-26(38)27(39)19-23/h6-11,19,21-22,28,31,45H,5,12-18,20H2,1-4H3/t22-,28+,31-,35+/m1/s1. The van der Waals surface area contributed by atoms with Crippen LogP contribution < -0.4 is 0 Å². The fraction of sp³-hybridized carbons (Fsp3) is 0.528. The molecule has 4 aliphatic heterocycles. The van der Waals surface area contributed by atoms with Crippen molar-refractivity contribution in [3.05, 3.63) is 80.1 Å². The van der Waals surface area contributed by atoms with Crippen molar-refractivity contribution >= 4 is 51.9 Å². The number of aliphatic imine (C=N–C) groups is 1. The largest absolute Gasteiger partial charge is 0.395 e. The number of amidine groups is 1. The van der Waals surface area contributed by atoms with Gasteiger partial charge in [-0.3, -0.25) is 14.5 Å². The smallest absolute Gasteiger partial charge is 0.263 e. The van der Waals surface area contributed by atoms with Gasteiger partial charge in [0.15, 0.2) is 5.17 Å². The van der Waals surface area contributed by atoms with Crippen LogP contribution in [0.25, 0.3) is 0 Å². The Bertz CT molecular complexity index is 1700. The van der Waals surface area contributed by atoms with Gasteiger partial charge in [-0.25, -0.2) is 9.38 Å². The number of β-amino-alcohol motifs (C(OH)–C–C–N with tert-alkyl or cyclic N) is 1. The van der Waals surface area contributed by atoms with E-state index in [2.05, 4.69) is 23.6 Å². The number of piperazine rings is 1.